The number of nitro groups is 1. The Bertz CT molecular complexity index is 610. The smallest absolute Gasteiger partial charge is 0.269 e. The number of methoxy groups -OCH3 is 1. The second-order valence-electron chi connectivity index (χ2n) is 4.30. The number of nitrogens with one attached hydrogen (secondary N) is 1. The van der Waals surface area contributed by atoms with Gasteiger partial charge in [-0.15, -0.1) is 0 Å². The number of carbonyl (C=O) groups excluding carboxylic acids is 1. The van der Waals surface area contributed by atoms with Crippen LogP contribution in [-0.4, -0.2) is 24.5 Å². The van der Waals surface area contributed by atoms with Crippen molar-refractivity contribution in [2.24, 2.45) is 0 Å². The lowest BCUT2D eigenvalue weighted by molar-refractivity contribution is -0.384. The standard InChI is InChI=1S/C14H14N2O4S/c1-20-13(11-6-7-21-9-11)8-15-14(17)10-2-4-12(5-3-10)16(18)19/h2-7,9,13H,8H2,1H3,(H,15,17). The summed E-state index contributed by atoms with van der Waals surface area (Å²) in [5, 5.41) is 17.2. The molecule has 0 aliphatic rings. The Balaban J connectivity index is 1.96. The van der Waals surface area contributed by atoms with Gasteiger partial charge in [0, 0.05) is 31.4 Å². The zero-order chi connectivity index (χ0) is 15.2. The number of hydrogen-bond donors (Lipinski definition) is 1. The lowest BCUT2D eigenvalue weighted by atomic mass is 10.1. The van der Waals surface area contributed by atoms with E-state index in [-0.39, 0.29) is 17.7 Å². The van der Waals surface area contributed by atoms with Crippen molar-refractivity contribution in [2.75, 3.05) is 13.7 Å². The quantitative estimate of drug-likeness (QED) is 0.657. The number of rotatable bonds is 6. The van der Waals surface area contributed by atoms with Crippen LogP contribution in [0.2, 0.25) is 0 Å². The van der Waals surface area contributed by atoms with Gasteiger partial charge in [-0.25, -0.2) is 0 Å². The summed E-state index contributed by atoms with van der Waals surface area (Å²) in [7, 11) is 1.58. The van der Waals surface area contributed by atoms with Gasteiger partial charge < -0.3 is 10.1 Å². The average molecular weight is 306 g/mol. The minimum Gasteiger partial charge on any atom is -0.375 e. The average Bonchev–Trinajstić information content (AvgIpc) is 3.02. The highest BCUT2D eigenvalue weighted by molar-refractivity contribution is 7.07. The van der Waals surface area contributed by atoms with E-state index in [9.17, 15) is 14.9 Å². The third-order valence-corrected chi connectivity index (χ3v) is 3.69. The summed E-state index contributed by atoms with van der Waals surface area (Å²) < 4.78 is 5.33. The highest BCUT2D eigenvalue weighted by Crippen LogP contribution is 2.19. The molecule has 1 N–H and O–H groups in total. The molecule has 0 saturated heterocycles. The van der Waals surface area contributed by atoms with E-state index in [2.05, 4.69) is 5.32 Å². The first-order chi connectivity index (χ1) is 10.1. The van der Waals surface area contributed by atoms with Gasteiger partial charge in [-0.1, -0.05) is 0 Å². The van der Waals surface area contributed by atoms with Gasteiger partial charge in [0.2, 0.25) is 0 Å². The van der Waals surface area contributed by atoms with E-state index in [0.29, 0.717) is 12.1 Å². The molecular formula is C14H14N2O4S. The van der Waals surface area contributed by atoms with Crippen LogP contribution in [-0.2, 0) is 4.74 Å². The number of nitrogens with zero attached hydrogens (tertiary/aromatic N) is 1. The van der Waals surface area contributed by atoms with E-state index < -0.39 is 4.92 Å². The molecule has 1 aromatic heterocycles. The van der Waals surface area contributed by atoms with Crippen molar-refractivity contribution < 1.29 is 14.5 Å². The molecule has 0 aliphatic heterocycles. The van der Waals surface area contributed by atoms with Crippen LogP contribution >= 0.6 is 11.3 Å². The van der Waals surface area contributed by atoms with E-state index in [0.717, 1.165) is 5.56 Å². The summed E-state index contributed by atoms with van der Waals surface area (Å²) in [5.74, 6) is -0.290. The fourth-order valence-corrected chi connectivity index (χ4v) is 2.52. The van der Waals surface area contributed by atoms with Crippen molar-refractivity contribution in [3.05, 3.63) is 62.3 Å². The van der Waals surface area contributed by atoms with Crippen LogP contribution in [0.3, 0.4) is 0 Å². The van der Waals surface area contributed by atoms with Crippen molar-refractivity contribution >= 4 is 22.9 Å². The molecule has 110 valence electrons. The first kappa shape index (κ1) is 15.1. The Morgan fingerprint density at radius 3 is 2.62 bits per heavy atom. The highest BCUT2D eigenvalue weighted by atomic mass is 32.1. The summed E-state index contributed by atoms with van der Waals surface area (Å²) >= 11 is 1.56. The van der Waals surface area contributed by atoms with Gasteiger partial charge in [0.1, 0.15) is 6.10 Å². The van der Waals surface area contributed by atoms with Crippen molar-refractivity contribution in [3.8, 4) is 0 Å². The van der Waals surface area contributed by atoms with Crippen molar-refractivity contribution in [3.63, 3.8) is 0 Å². The monoisotopic (exact) mass is 306 g/mol. The number of nitro benzene ring substituents is 1. The molecule has 1 heterocycles. The fourth-order valence-electron chi connectivity index (χ4n) is 1.82. The van der Waals surface area contributed by atoms with Crippen LogP contribution in [0.4, 0.5) is 5.69 Å². The minimum atomic E-state index is -0.501. The summed E-state index contributed by atoms with van der Waals surface area (Å²) in [6.07, 6.45) is -0.210. The van der Waals surface area contributed by atoms with E-state index in [1.165, 1.54) is 24.3 Å². The van der Waals surface area contributed by atoms with Gasteiger partial charge in [0.15, 0.2) is 0 Å². The highest BCUT2D eigenvalue weighted by Gasteiger charge is 2.14. The summed E-state index contributed by atoms with van der Waals surface area (Å²) in [5.41, 5.74) is 1.34. The molecule has 0 bridgehead atoms. The van der Waals surface area contributed by atoms with Crippen molar-refractivity contribution in [1.29, 1.82) is 0 Å². The van der Waals surface area contributed by atoms with Gasteiger partial charge in [-0.3, -0.25) is 14.9 Å². The third kappa shape index (κ3) is 3.87. The van der Waals surface area contributed by atoms with Gasteiger partial charge in [-0.2, -0.15) is 11.3 Å². The largest absolute Gasteiger partial charge is 0.375 e. The molecule has 1 aromatic carbocycles. The maximum Gasteiger partial charge on any atom is 0.269 e. The minimum absolute atomic E-state index is 0.0420. The molecule has 21 heavy (non-hydrogen) atoms. The summed E-state index contributed by atoms with van der Waals surface area (Å²) in [6, 6.07) is 7.42. The predicted octanol–water partition coefficient (Wildman–Crippen LogP) is 2.77. The first-order valence-electron chi connectivity index (χ1n) is 6.19. The van der Waals surface area contributed by atoms with Crippen molar-refractivity contribution in [2.45, 2.75) is 6.10 Å². The first-order valence-corrected chi connectivity index (χ1v) is 7.13. The molecule has 0 fully saturated rings. The number of ether oxygens (including phenoxy) is 1. The second-order valence-corrected chi connectivity index (χ2v) is 5.08. The molecule has 0 saturated carbocycles. The Labute approximate surface area is 125 Å². The van der Waals surface area contributed by atoms with Crippen LogP contribution in [0.25, 0.3) is 0 Å². The van der Waals surface area contributed by atoms with Crippen LogP contribution < -0.4 is 5.32 Å². The number of thiophene rings is 1. The van der Waals surface area contributed by atoms with E-state index in [1.807, 2.05) is 16.8 Å². The lowest BCUT2D eigenvalue weighted by Crippen LogP contribution is -2.28. The topological polar surface area (TPSA) is 81.5 Å². The Morgan fingerprint density at radius 1 is 1.38 bits per heavy atom. The maximum absolute atomic E-state index is 12.0. The lowest BCUT2D eigenvalue weighted by Gasteiger charge is -2.15. The van der Waals surface area contributed by atoms with Gasteiger partial charge in [0.05, 0.1) is 4.92 Å². The fraction of sp³-hybridized carbons (Fsp3) is 0.214. The normalized spacial score (nSPS) is 11.9. The number of non-ortho nitro benzene ring substituents is 1. The van der Waals surface area contributed by atoms with Crippen LogP contribution in [0.15, 0.2) is 41.1 Å². The maximum atomic E-state index is 12.0. The third-order valence-electron chi connectivity index (χ3n) is 2.99. The van der Waals surface area contributed by atoms with Crippen LogP contribution in [0.5, 0.6) is 0 Å². The number of amides is 1. The van der Waals surface area contributed by atoms with Gasteiger partial charge in [-0.05, 0) is 34.5 Å². The predicted molar refractivity (Wildman–Crippen MR) is 79.5 cm³/mol. The molecule has 1 unspecified atom stereocenters. The number of hydrogen-bond acceptors (Lipinski definition) is 5. The molecule has 2 rings (SSSR count). The zero-order valence-corrected chi connectivity index (χ0v) is 12.1. The molecule has 2 aromatic rings. The number of carbonyl (C=O) groups is 1. The number of benzene rings is 1. The van der Waals surface area contributed by atoms with Crippen molar-refractivity contribution in [1.82, 2.24) is 5.32 Å². The summed E-state index contributed by atoms with van der Waals surface area (Å²) in [6.45, 7) is 0.336. The summed E-state index contributed by atoms with van der Waals surface area (Å²) in [4.78, 5) is 22.0. The molecule has 1 atom stereocenters. The molecule has 6 nitrogen and oxygen atoms in total. The van der Waals surface area contributed by atoms with Gasteiger partial charge >= 0.3 is 0 Å². The molecule has 0 aliphatic carbocycles. The second kappa shape index (κ2) is 6.96. The van der Waals surface area contributed by atoms with E-state index in [1.54, 1.807) is 18.4 Å². The van der Waals surface area contributed by atoms with Crippen LogP contribution in [0, 0.1) is 10.1 Å². The Morgan fingerprint density at radius 2 is 2.10 bits per heavy atom. The van der Waals surface area contributed by atoms with E-state index in [4.69, 9.17) is 4.74 Å². The molecule has 1 amide bonds. The van der Waals surface area contributed by atoms with Crippen LogP contribution in [0.1, 0.15) is 22.0 Å². The Kier molecular flexibility index (Phi) is 5.02. The molecule has 0 radical (unpaired) electrons. The molecule has 7 heteroatoms. The van der Waals surface area contributed by atoms with E-state index >= 15 is 0 Å². The zero-order valence-electron chi connectivity index (χ0n) is 11.3. The SMILES string of the molecule is COC(CNC(=O)c1ccc([N+](=O)[O-])cc1)c1ccsc1. The van der Waals surface area contributed by atoms with Gasteiger partial charge in [0.25, 0.3) is 11.6 Å². The molecular weight excluding hydrogens is 292 g/mol. The molecule has 0 spiro atoms. The Hall–Kier alpha value is -2.25.